The first-order valence-corrected chi connectivity index (χ1v) is 11.3. The predicted octanol–water partition coefficient (Wildman–Crippen LogP) is 5.59. The SMILES string of the molecule is CNC(=O)c1cc(Oc2cccc(-c3c[nH]c(C(=O)Nc4cc(CC(F)(F)F)ccc4OC)c3)c2)ccn1. The number of ether oxygens (including phenoxy) is 2. The van der Waals surface area contributed by atoms with Gasteiger partial charge in [0, 0.05) is 31.1 Å². The molecule has 0 unspecified atom stereocenters. The summed E-state index contributed by atoms with van der Waals surface area (Å²) in [7, 11) is 2.87. The van der Waals surface area contributed by atoms with Crippen molar-refractivity contribution in [1.29, 1.82) is 0 Å². The Labute approximate surface area is 215 Å². The van der Waals surface area contributed by atoms with Crippen molar-refractivity contribution in [2.45, 2.75) is 12.6 Å². The third kappa shape index (κ3) is 6.49. The van der Waals surface area contributed by atoms with Crippen LogP contribution in [0.2, 0.25) is 0 Å². The number of halogens is 3. The van der Waals surface area contributed by atoms with E-state index < -0.39 is 18.5 Å². The number of carbonyl (C=O) groups is 2. The van der Waals surface area contributed by atoms with Crippen molar-refractivity contribution >= 4 is 17.5 Å². The van der Waals surface area contributed by atoms with E-state index in [-0.39, 0.29) is 34.3 Å². The van der Waals surface area contributed by atoms with Gasteiger partial charge in [0.05, 0.1) is 19.2 Å². The van der Waals surface area contributed by atoms with Crippen molar-refractivity contribution in [1.82, 2.24) is 15.3 Å². The molecule has 0 aliphatic carbocycles. The largest absolute Gasteiger partial charge is 0.495 e. The fraction of sp³-hybridized carbons (Fsp3) is 0.148. The number of aromatic nitrogens is 2. The van der Waals surface area contributed by atoms with Gasteiger partial charge in [0.15, 0.2) is 0 Å². The van der Waals surface area contributed by atoms with Crippen LogP contribution >= 0.6 is 0 Å². The number of nitrogens with zero attached hydrogens (tertiary/aromatic N) is 1. The molecule has 0 aliphatic heterocycles. The van der Waals surface area contributed by atoms with Gasteiger partial charge in [0.1, 0.15) is 28.6 Å². The molecule has 0 saturated carbocycles. The smallest absolute Gasteiger partial charge is 0.393 e. The lowest BCUT2D eigenvalue weighted by atomic mass is 10.1. The van der Waals surface area contributed by atoms with Gasteiger partial charge in [0.25, 0.3) is 11.8 Å². The van der Waals surface area contributed by atoms with E-state index in [0.29, 0.717) is 17.1 Å². The van der Waals surface area contributed by atoms with Crippen molar-refractivity contribution in [2.24, 2.45) is 0 Å². The van der Waals surface area contributed by atoms with Crippen LogP contribution in [0, 0.1) is 0 Å². The molecule has 2 heterocycles. The fourth-order valence-corrected chi connectivity index (χ4v) is 3.68. The van der Waals surface area contributed by atoms with Crippen LogP contribution in [0.4, 0.5) is 18.9 Å². The molecule has 38 heavy (non-hydrogen) atoms. The monoisotopic (exact) mass is 524 g/mol. The summed E-state index contributed by atoms with van der Waals surface area (Å²) in [5.74, 6) is 0.259. The van der Waals surface area contributed by atoms with E-state index in [1.807, 2.05) is 6.07 Å². The lowest BCUT2D eigenvalue weighted by Gasteiger charge is -2.13. The van der Waals surface area contributed by atoms with E-state index in [2.05, 4.69) is 20.6 Å². The summed E-state index contributed by atoms with van der Waals surface area (Å²) >= 11 is 0. The second-order valence-corrected chi connectivity index (χ2v) is 8.17. The number of pyridine rings is 1. The van der Waals surface area contributed by atoms with E-state index in [4.69, 9.17) is 9.47 Å². The van der Waals surface area contributed by atoms with Gasteiger partial charge < -0.3 is 25.1 Å². The van der Waals surface area contributed by atoms with Crippen LogP contribution in [-0.4, -0.2) is 42.1 Å². The Morgan fingerprint density at radius 3 is 2.50 bits per heavy atom. The topological polar surface area (TPSA) is 105 Å². The van der Waals surface area contributed by atoms with Gasteiger partial charge in [0.2, 0.25) is 0 Å². The number of carbonyl (C=O) groups excluding carboxylic acids is 2. The van der Waals surface area contributed by atoms with Crippen LogP contribution < -0.4 is 20.1 Å². The Hall–Kier alpha value is -4.80. The summed E-state index contributed by atoms with van der Waals surface area (Å²) in [6.45, 7) is 0. The molecule has 11 heteroatoms. The first kappa shape index (κ1) is 26.3. The maximum atomic E-state index is 12.9. The molecule has 0 aliphatic rings. The Kier molecular flexibility index (Phi) is 7.66. The zero-order chi connectivity index (χ0) is 27.3. The highest BCUT2D eigenvalue weighted by molar-refractivity contribution is 6.04. The number of hydrogen-bond acceptors (Lipinski definition) is 5. The highest BCUT2D eigenvalue weighted by Crippen LogP contribution is 2.31. The molecular formula is C27H23F3N4O4. The van der Waals surface area contributed by atoms with Gasteiger partial charge in [-0.15, -0.1) is 0 Å². The lowest BCUT2D eigenvalue weighted by molar-refractivity contribution is -0.127. The van der Waals surface area contributed by atoms with Crippen molar-refractivity contribution in [3.05, 3.63) is 90.0 Å². The summed E-state index contributed by atoms with van der Waals surface area (Å²) in [6.07, 6.45) is -2.42. The van der Waals surface area contributed by atoms with Crippen molar-refractivity contribution < 1.29 is 32.2 Å². The van der Waals surface area contributed by atoms with Gasteiger partial charge in [-0.3, -0.25) is 14.6 Å². The molecule has 0 fully saturated rings. The Morgan fingerprint density at radius 2 is 1.76 bits per heavy atom. The first-order valence-electron chi connectivity index (χ1n) is 11.3. The van der Waals surface area contributed by atoms with Crippen molar-refractivity contribution in [3.63, 3.8) is 0 Å². The highest BCUT2D eigenvalue weighted by Gasteiger charge is 2.28. The van der Waals surface area contributed by atoms with E-state index >= 15 is 0 Å². The third-order valence-corrected chi connectivity index (χ3v) is 5.44. The summed E-state index contributed by atoms with van der Waals surface area (Å²) in [4.78, 5) is 31.6. The Bertz CT molecular complexity index is 1470. The van der Waals surface area contributed by atoms with Crippen molar-refractivity contribution in [2.75, 3.05) is 19.5 Å². The maximum absolute atomic E-state index is 12.9. The number of aromatic amines is 1. The van der Waals surface area contributed by atoms with Gasteiger partial charge in [-0.2, -0.15) is 13.2 Å². The number of alkyl halides is 3. The molecule has 0 atom stereocenters. The van der Waals surface area contributed by atoms with Crippen LogP contribution in [0.15, 0.2) is 73.1 Å². The average Bonchev–Trinajstić information content (AvgIpc) is 3.39. The first-order chi connectivity index (χ1) is 18.1. The fourth-order valence-electron chi connectivity index (χ4n) is 3.68. The number of nitrogens with one attached hydrogen (secondary N) is 3. The summed E-state index contributed by atoms with van der Waals surface area (Å²) in [5, 5.41) is 5.11. The van der Waals surface area contributed by atoms with Gasteiger partial charge in [-0.25, -0.2) is 0 Å². The van der Waals surface area contributed by atoms with Crippen LogP contribution in [0.5, 0.6) is 17.2 Å². The van der Waals surface area contributed by atoms with Crippen LogP contribution in [0.25, 0.3) is 11.1 Å². The molecule has 4 aromatic rings. The molecule has 2 aromatic heterocycles. The van der Waals surface area contributed by atoms with E-state index in [1.54, 1.807) is 36.5 Å². The molecular weight excluding hydrogens is 501 g/mol. The van der Waals surface area contributed by atoms with Gasteiger partial charge in [-0.1, -0.05) is 18.2 Å². The molecule has 0 spiro atoms. The van der Waals surface area contributed by atoms with Gasteiger partial charge >= 0.3 is 6.18 Å². The van der Waals surface area contributed by atoms with Crippen LogP contribution in [-0.2, 0) is 6.42 Å². The number of hydrogen-bond donors (Lipinski definition) is 3. The number of anilines is 1. The Balaban J connectivity index is 1.50. The molecule has 0 saturated heterocycles. The van der Waals surface area contributed by atoms with Gasteiger partial charge in [-0.05, 0) is 47.5 Å². The third-order valence-electron chi connectivity index (χ3n) is 5.44. The minimum Gasteiger partial charge on any atom is -0.495 e. The van der Waals surface area contributed by atoms with E-state index in [9.17, 15) is 22.8 Å². The number of methoxy groups -OCH3 is 1. The highest BCUT2D eigenvalue weighted by atomic mass is 19.4. The normalized spacial score (nSPS) is 11.1. The zero-order valence-electron chi connectivity index (χ0n) is 20.3. The maximum Gasteiger partial charge on any atom is 0.393 e. The van der Waals surface area contributed by atoms with E-state index in [0.717, 1.165) is 5.56 Å². The number of amides is 2. The predicted molar refractivity (Wildman–Crippen MR) is 135 cm³/mol. The number of rotatable bonds is 8. The van der Waals surface area contributed by atoms with Crippen molar-refractivity contribution in [3.8, 4) is 28.4 Å². The summed E-state index contributed by atoms with van der Waals surface area (Å²) in [5.41, 5.74) is 1.94. The van der Waals surface area contributed by atoms with E-state index in [1.165, 1.54) is 44.6 Å². The second-order valence-electron chi connectivity index (χ2n) is 8.17. The molecule has 0 bridgehead atoms. The minimum atomic E-state index is -4.38. The molecule has 4 rings (SSSR count). The molecule has 2 aromatic carbocycles. The summed E-state index contributed by atoms with van der Waals surface area (Å²) < 4.78 is 49.5. The minimum absolute atomic E-state index is 0.00534. The van der Waals surface area contributed by atoms with Crippen LogP contribution in [0.1, 0.15) is 26.5 Å². The average molecular weight is 524 g/mol. The zero-order valence-corrected chi connectivity index (χ0v) is 20.3. The summed E-state index contributed by atoms with van der Waals surface area (Å²) in [6, 6.07) is 15.8. The van der Waals surface area contributed by atoms with Crippen LogP contribution in [0.3, 0.4) is 0 Å². The molecule has 0 radical (unpaired) electrons. The molecule has 8 nitrogen and oxygen atoms in total. The quantitative estimate of drug-likeness (QED) is 0.279. The molecule has 3 N–H and O–H groups in total. The second kappa shape index (κ2) is 11.1. The molecule has 2 amide bonds. The lowest BCUT2D eigenvalue weighted by Crippen LogP contribution is -2.18. The number of benzene rings is 2. The molecule has 196 valence electrons. The Morgan fingerprint density at radius 1 is 0.974 bits per heavy atom. The number of H-pyrrole nitrogens is 1. The standard InChI is InChI=1S/C27H23F3N4O4/c1-31-25(35)23-13-20(8-9-32-23)38-19-5-3-4-17(11-19)18-12-22(33-15-18)26(36)34-21-10-16(14-27(28,29)30)6-7-24(21)37-2/h3-13,15,33H,14H2,1-2H3,(H,31,35)(H,34,36).